The molecule has 0 aromatic rings. The maximum Gasteiger partial charge on any atom is 1.00 e. The molecule has 0 aliphatic rings. The molecular formula is C14H18N3NaO10Tc-4. The molecule has 0 saturated carbocycles. The van der Waals surface area contributed by atoms with E-state index in [0.717, 1.165) is 9.80 Å². The molecule has 0 aromatic heterocycles. The van der Waals surface area contributed by atoms with Crippen molar-refractivity contribution in [2.45, 2.75) is 0 Å². The Labute approximate surface area is 201 Å². The van der Waals surface area contributed by atoms with Gasteiger partial charge in [0.25, 0.3) is 0 Å². The van der Waals surface area contributed by atoms with E-state index >= 15 is 0 Å². The van der Waals surface area contributed by atoms with Gasteiger partial charge in [-0.25, -0.2) is 0 Å². The summed E-state index contributed by atoms with van der Waals surface area (Å²) in [6.07, 6.45) is 0. The van der Waals surface area contributed by atoms with E-state index in [1.165, 1.54) is 4.90 Å². The SMILES string of the molecule is O=C([O-])CN(CCN(CC(=O)[O-])CC(=O)[O-])CCN(CC(=O)[O-])CC(=O)[O-].[99Tc].[Na+]. The van der Waals surface area contributed by atoms with Gasteiger partial charge in [0.15, 0.2) is 0 Å². The van der Waals surface area contributed by atoms with Crippen molar-refractivity contribution in [3.8, 4) is 0 Å². The minimum atomic E-state index is -1.54. The van der Waals surface area contributed by atoms with Gasteiger partial charge in [-0.1, -0.05) is 0 Å². The van der Waals surface area contributed by atoms with Crippen LogP contribution in [-0.4, -0.2) is 103 Å². The maximum absolute atomic E-state index is 10.8. The van der Waals surface area contributed by atoms with Gasteiger partial charge in [-0.3, -0.25) is 14.7 Å². The van der Waals surface area contributed by atoms with E-state index in [4.69, 9.17) is 0 Å². The van der Waals surface area contributed by atoms with Crippen LogP contribution in [0.2, 0.25) is 0 Å². The van der Waals surface area contributed by atoms with Gasteiger partial charge in [-0.15, -0.1) is 0 Å². The van der Waals surface area contributed by atoms with Crippen LogP contribution >= 0.6 is 0 Å². The summed E-state index contributed by atoms with van der Waals surface area (Å²) in [5.74, 6) is -7.67. The zero-order valence-electron chi connectivity index (χ0n) is 15.7. The number of hydrogen-bond donors (Lipinski definition) is 0. The van der Waals surface area contributed by atoms with Crippen LogP contribution < -0.4 is 55.1 Å². The quantitative estimate of drug-likeness (QED) is 0.177. The van der Waals surface area contributed by atoms with Gasteiger partial charge >= 0.3 is 29.6 Å². The third-order valence-corrected chi connectivity index (χ3v) is 3.23. The Bertz CT molecular complexity index is 494. The monoisotopic (exact) mass is 510 g/mol. The third kappa shape index (κ3) is 19.9. The summed E-state index contributed by atoms with van der Waals surface area (Å²) < 4.78 is 0. The van der Waals surface area contributed by atoms with Gasteiger partial charge in [0.05, 0.1) is 29.8 Å². The molecule has 0 amide bonds. The summed E-state index contributed by atoms with van der Waals surface area (Å²) in [4.78, 5) is 56.4. The van der Waals surface area contributed by atoms with Crippen LogP contribution in [0.1, 0.15) is 0 Å². The van der Waals surface area contributed by atoms with Crippen molar-refractivity contribution in [1.29, 1.82) is 0 Å². The molecule has 0 fully saturated rings. The molecule has 0 aliphatic carbocycles. The van der Waals surface area contributed by atoms with Crippen molar-refractivity contribution >= 4 is 29.8 Å². The van der Waals surface area contributed by atoms with Crippen molar-refractivity contribution in [2.75, 3.05) is 58.9 Å². The van der Waals surface area contributed by atoms with Crippen LogP contribution in [0.3, 0.4) is 0 Å². The van der Waals surface area contributed by atoms with Crippen LogP contribution in [0.4, 0.5) is 0 Å². The van der Waals surface area contributed by atoms with Gasteiger partial charge in [-0.05, 0) is 0 Å². The normalized spacial score (nSPS) is 10.3. The third-order valence-electron chi connectivity index (χ3n) is 3.23. The first-order valence-corrected chi connectivity index (χ1v) is 7.66. The average molecular weight is 510 g/mol. The minimum Gasteiger partial charge on any atom is -0.549 e. The Kier molecular flexibility index (Phi) is 19.9. The van der Waals surface area contributed by atoms with Crippen LogP contribution in [0.25, 0.3) is 0 Å². The summed E-state index contributed by atoms with van der Waals surface area (Å²) in [5, 5.41) is 53.3. The van der Waals surface area contributed by atoms with E-state index in [1.807, 2.05) is 0 Å². The van der Waals surface area contributed by atoms with Gasteiger partial charge in [-0.2, -0.15) is 0 Å². The number of rotatable bonds is 16. The fourth-order valence-corrected chi connectivity index (χ4v) is 2.18. The van der Waals surface area contributed by atoms with Crippen LogP contribution in [0, 0.1) is 0 Å². The van der Waals surface area contributed by atoms with Crippen LogP contribution in [0.15, 0.2) is 0 Å². The molecule has 0 heterocycles. The number of hydrogen-bond acceptors (Lipinski definition) is 13. The van der Waals surface area contributed by atoms with Crippen molar-refractivity contribution in [3.63, 3.8) is 0 Å². The second kappa shape index (κ2) is 17.7. The van der Waals surface area contributed by atoms with E-state index in [0.29, 0.717) is 0 Å². The molecule has 0 aliphatic heterocycles. The van der Waals surface area contributed by atoms with Crippen molar-refractivity contribution in [2.24, 2.45) is 0 Å². The fourth-order valence-electron chi connectivity index (χ4n) is 2.18. The fraction of sp³-hybridized carbons (Fsp3) is 0.643. The second-order valence-corrected chi connectivity index (χ2v) is 5.56. The van der Waals surface area contributed by atoms with Crippen LogP contribution in [0.5, 0.6) is 0 Å². The number of carbonyl (C=O) groups excluding carboxylic acids is 5. The number of nitrogens with zero attached hydrogens (tertiary/aromatic N) is 3. The summed E-state index contributed by atoms with van der Waals surface area (Å²) >= 11 is 0. The number of carbonyl (C=O) groups is 5. The zero-order chi connectivity index (χ0) is 21.0. The molecule has 15 heteroatoms. The summed E-state index contributed by atoms with van der Waals surface area (Å²) in [6.45, 7) is -4.16. The van der Waals surface area contributed by atoms with Crippen molar-refractivity contribution in [3.05, 3.63) is 0 Å². The zero-order valence-corrected chi connectivity index (χ0v) is 19.5. The molecule has 0 aromatic carbocycles. The molecule has 0 atom stereocenters. The number of carboxylic acid groups (broad SMARTS) is 5. The van der Waals surface area contributed by atoms with Gasteiger partial charge in [0.1, 0.15) is 0 Å². The first-order valence-electron chi connectivity index (χ1n) is 7.66. The smallest absolute Gasteiger partial charge is 0.549 e. The standard InChI is InChI=1S/C14H23N3O10.Na.Tc/c18-10(19)5-15(1-3-16(6-11(20)21)7-12(22)23)2-4-17(8-13(24)25)9-14(26)27;;/h1-9H2,(H,18,19)(H,20,21)(H,22,23)(H,24,25)(H,26,27);;/q;+1;/p-5/i;;1+1. The second-order valence-electron chi connectivity index (χ2n) is 5.56. The number of carboxylic acids is 5. The molecule has 1 radical (unpaired) electrons. The summed E-state index contributed by atoms with van der Waals surface area (Å²) in [7, 11) is 0. The van der Waals surface area contributed by atoms with E-state index in [9.17, 15) is 49.5 Å². The molecule has 0 spiro atoms. The predicted octanol–water partition coefficient (Wildman–Crippen LogP) is -12.4. The molecule has 13 nitrogen and oxygen atoms in total. The molecule has 29 heavy (non-hydrogen) atoms. The topological polar surface area (TPSA) is 210 Å². The molecular weight excluding hydrogens is 492 g/mol. The van der Waals surface area contributed by atoms with E-state index in [1.54, 1.807) is 0 Å². The minimum absolute atomic E-state index is 0. The Morgan fingerprint density at radius 1 is 0.448 bits per heavy atom. The molecule has 0 saturated heterocycles. The molecule has 161 valence electrons. The predicted molar refractivity (Wildman–Crippen MR) is 74.4 cm³/mol. The molecule has 0 rings (SSSR count). The Hall–Kier alpha value is -1.12. The summed E-state index contributed by atoms with van der Waals surface area (Å²) in [5.41, 5.74) is 0. The van der Waals surface area contributed by atoms with Gasteiger partial charge < -0.3 is 49.5 Å². The van der Waals surface area contributed by atoms with Gasteiger partial charge in [0.2, 0.25) is 0 Å². The Morgan fingerprint density at radius 3 is 0.828 bits per heavy atom. The Morgan fingerprint density at radius 2 is 0.621 bits per heavy atom. The van der Waals surface area contributed by atoms with Gasteiger partial charge in [0, 0.05) is 79.0 Å². The maximum atomic E-state index is 10.8. The average Bonchev–Trinajstić information content (AvgIpc) is 2.46. The van der Waals surface area contributed by atoms with E-state index in [2.05, 4.69) is 0 Å². The van der Waals surface area contributed by atoms with E-state index in [-0.39, 0.29) is 75.8 Å². The van der Waals surface area contributed by atoms with Crippen molar-refractivity contribution < 1.29 is 99.2 Å². The van der Waals surface area contributed by atoms with Crippen molar-refractivity contribution in [1.82, 2.24) is 14.7 Å². The first kappa shape index (κ1) is 32.5. The number of aliphatic carboxylic acids is 5. The van der Waals surface area contributed by atoms with Crippen LogP contribution in [-0.2, 0) is 44.1 Å². The molecule has 0 bridgehead atoms. The van der Waals surface area contributed by atoms with E-state index < -0.39 is 62.6 Å². The molecule has 0 N–H and O–H groups in total. The summed E-state index contributed by atoms with van der Waals surface area (Å²) in [6, 6.07) is 0. The largest absolute Gasteiger partial charge is 1.00 e. The Balaban J connectivity index is -0.00000338. The molecule has 0 unspecified atom stereocenters. The first-order chi connectivity index (χ1) is 12.5.